The zero-order valence-electron chi connectivity index (χ0n) is 21.7. The standard InChI is InChI=1S/C29H35N7O/c1-3-26-25-13-12-23(17-27(25)36(33-26)22-10-7-11-22)34-14-15-35(29(37)18-28-30-20(2)31-32-28)24(19-34)16-21-8-5-4-6-9-21/h4-6,8-9,12-13,17,22,24H,3,7,10-11,14-16,18-19H2,1-2H3,(H,30,31,32)/t24-/m0/s1. The van der Waals surface area contributed by atoms with Crippen LogP contribution < -0.4 is 4.90 Å². The zero-order valence-corrected chi connectivity index (χ0v) is 21.7. The number of carbonyl (C=O) groups is 1. The number of rotatable bonds is 7. The Kier molecular flexibility index (Phi) is 6.40. The summed E-state index contributed by atoms with van der Waals surface area (Å²) in [5.41, 5.74) is 4.89. The van der Waals surface area contributed by atoms with Crippen LogP contribution >= 0.6 is 0 Å². The molecule has 0 spiro atoms. The number of nitrogens with one attached hydrogen (secondary N) is 1. The predicted octanol–water partition coefficient (Wildman–Crippen LogP) is 4.25. The highest BCUT2D eigenvalue weighted by molar-refractivity contribution is 5.86. The first kappa shape index (κ1) is 23.7. The van der Waals surface area contributed by atoms with Crippen molar-refractivity contribution in [2.75, 3.05) is 24.5 Å². The van der Waals surface area contributed by atoms with Crippen molar-refractivity contribution in [3.8, 4) is 0 Å². The van der Waals surface area contributed by atoms with Gasteiger partial charge in [0.15, 0.2) is 5.82 Å². The fourth-order valence-electron chi connectivity index (χ4n) is 5.74. The van der Waals surface area contributed by atoms with E-state index in [0.717, 1.165) is 31.8 Å². The molecular formula is C29H35N7O. The highest BCUT2D eigenvalue weighted by Crippen LogP contribution is 2.36. The average molecular weight is 498 g/mol. The Morgan fingerprint density at radius 3 is 2.65 bits per heavy atom. The molecule has 0 unspecified atom stereocenters. The minimum Gasteiger partial charge on any atom is -0.368 e. The maximum Gasteiger partial charge on any atom is 0.230 e. The van der Waals surface area contributed by atoms with Crippen molar-refractivity contribution in [3.63, 3.8) is 0 Å². The number of hydrogen-bond acceptors (Lipinski definition) is 5. The van der Waals surface area contributed by atoms with Gasteiger partial charge >= 0.3 is 0 Å². The molecular weight excluding hydrogens is 462 g/mol. The van der Waals surface area contributed by atoms with Gasteiger partial charge in [0, 0.05) is 30.7 Å². The third-order valence-electron chi connectivity index (χ3n) is 7.96. The molecule has 1 saturated heterocycles. The molecule has 192 valence electrons. The van der Waals surface area contributed by atoms with Crippen molar-refractivity contribution in [1.29, 1.82) is 0 Å². The zero-order chi connectivity index (χ0) is 25.4. The van der Waals surface area contributed by atoms with Gasteiger partial charge in [-0.3, -0.25) is 14.6 Å². The number of aromatic amines is 1. The predicted molar refractivity (Wildman–Crippen MR) is 145 cm³/mol. The number of hydrogen-bond donors (Lipinski definition) is 1. The molecule has 1 amide bonds. The second-order valence-corrected chi connectivity index (χ2v) is 10.4. The van der Waals surface area contributed by atoms with E-state index in [1.807, 2.05) is 17.9 Å². The van der Waals surface area contributed by atoms with E-state index >= 15 is 0 Å². The fraction of sp³-hybridized carbons (Fsp3) is 0.448. The van der Waals surface area contributed by atoms with E-state index in [4.69, 9.17) is 5.10 Å². The second-order valence-electron chi connectivity index (χ2n) is 10.4. The highest BCUT2D eigenvalue weighted by atomic mass is 16.2. The monoisotopic (exact) mass is 497 g/mol. The molecule has 37 heavy (non-hydrogen) atoms. The van der Waals surface area contributed by atoms with Gasteiger partial charge in [-0.15, -0.1) is 0 Å². The first-order chi connectivity index (χ1) is 18.1. The molecule has 2 aromatic carbocycles. The van der Waals surface area contributed by atoms with Crippen molar-refractivity contribution in [3.05, 3.63) is 71.4 Å². The van der Waals surface area contributed by atoms with Crippen molar-refractivity contribution in [1.82, 2.24) is 29.9 Å². The van der Waals surface area contributed by atoms with Gasteiger partial charge < -0.3 is 9.80 Å². The van der Waals surface area contributed by atoms with Crippen LogP contribution in [0.3, 0.4) is 0 Å². The summed E-state index contributed by atoms with van der Waals surface area (Å²) >= 11 is 0. The number of nitrogens with zero attached hydrogens (tertiary/aromatic N) is 6. The van der Waals surface area contributed by atoms with Gasteiger partial charge in [0.2, 0.25) is 5.91 Å². The Hall–Kier alpha value is -3.68. The maximum atomic E-state index is 13.4. The number of fused-ring (bicyclic) bond motifs is 1. The maximum absolute atomic E-state index is 13.4. The van der Waals surface area contributed by atoms with Gasteiger partial charge in [0.05, 0.1) is 29.7 Å². The van der Waals surface area contributed by atoms with E-state index in [0.29, 0.717) is 18.4 Å². The molecule has 2 aromatic heterocycles. The Balaban J connectivity index is 1.27. The fourth-order valence-corrected chi connectivity index (χ4v) is 5.74. The van der Waals surface area contributed by atoms with E-state index in [9.17, 15) is 4.79 Å². The van der Waals surface area contributed by atoms with Crippen LogP contribution in [0.5, 0.6) is 0 Å². The Morgan fingerprint density at radius 2 is 1.95 bits per heavy atom. The minimum absolute atomic E-state index is 0.0714. The molecule has 4 aromatic rings. The van der Waals surface area contributed by atoms with E-state index in [1.54, 1.807) is 0 Å². The Labute approximate surface area is 217 Å². The molecule has 2 aliphatic rings. The summed E-state index contributed by atoms with van der Waals surface area (Å²) in [5.74, 6) is 1.38. The first-order valence-electron chi connectivity index (χ1n) is 13.6. The van der Waals surface area contributed by atoms with Crippen LogP contribution in [0.15, 0.2) is 48.5 Å². The van der Waals surface area contributed by atoms with Crippen LogP contribution in [0.25, 0.3) is 10.9 Å². The van der Waals surface area contributed by atoms with Crippen molar-refractivity contribution >= 4 is 22.5 Å². The van der Waals surface area contributed by atoms with E-state index < -0.39 is 0 Å². The molecule has 1 N–H and O–H groups in total. The molecule has 8 nitrogen and oxygen atoms in total. The van der Waals surface area contributed by atoms with E-state index in [-0.39, 0.29) is 18.4 Å². The Bertz CT molecular complexity index is 1390. The summed E-state index contributed by atoms with van der Waals surface area (Å²) in [6, 6.07) is 17.9. The molecule has 1 aliphatic carbocycles. The second kappa shape index (κ2) is 10.00. The normalized spacial score (nSPS) is 18.4. The van der Waals surface area contributed by atoms with Gasteiger partial charge in [-0.2, -0.15) is 10.2 Å². The Morgan fingerprint density at radius 1 is 1.11 bits per heavy atom. The van der Waals surface area contributed by atoms with E-state index in [1.165, 1.54) is 47.1 Å². The lowest BCUT2D eigenvalue weighted by Crippen LogP contribution is -2.56. The van der Waals surface area contributed by atoms with Crippen LogP contribution in [-0.2, 0) is 24.1 Å². The van der Waals surface area contributed by atoms with Gasteiger partial charge in [-0.05, 0) is 62.8 Å². The molecule has 1 aliphatic heterocycles. The van der Waals surface area contributed by atoms with Crippen molar-refractivity contribution < 1.29 is 4.79 Å². The molecule has 0 bridgehead atoms. The summed E-state index contributed by atoms with van der Waals surface area (Å²) in [6.07, 6.45) is 5.71. The third kappa shape index (κ3) is 4.72. The van der Waals surface area contributed by atoms with Gasteiger partial charge in [0.1, 0.15) is 5.82 Å². The third-order valence-corrected chi connectivity index (χ3v) is 7.96. The van der Waals surface area contributed by atoms with Crippen LogP contribution in [0.4, 0.5) is 5.69 Å². The quantitative estimate of drug-likeness (QED) is 0.413. The smallest absolute Gasteiger partial charge is 0.230 e. The summed E-state index contributed by atoms with van der Waals surface area (Å²) in [7, 11) is 0. The lowest BCUT2D eigenvalue weighted by Gasteiger charge is -2.42. The van der Waals surface area contributed by atoms with Crippen LogP contribution in [0.1, 0.15) is 55.1 Å². The van der Waals surface area contributed by atoms with E-state index in [2.05, 4.69) is 74.2 Å². The summed E-state index contributed by atoms with van der Waals surface area (Å²) in [5, 5.41) is 13.3. The van der Waals surface area contributed by atoms with Crippen LogP contribution in [-0.4, -0.2) is 61.4 Å². The average Bonchev–Trinajstić information content (AvgIpc) is 3.46. The summed E-state index contributed by atoms with van der Waals surface area (Å²) < 4.78 is 2.28. The van der Waals surface area contributed by atoms with Crippen LogP contribution in [0.2, 0.25) is 0 Å². The minimum atomic E-state index is 0.0714. The number of H-pyrrole nitrogens is 1. The topological polar surface area (TPSA) is 82.9 Å². The van der Waals surface area contributed by atoms with Gasteiger partial charge in [-0.1, -0.05) is 37.3 Å². The number of benzene rings is 2. The summed E-state index contributed by atoms with van der Waals surface area (Å²) in [4.78, 5) is 22.2. The van der Waals surface area contributed by atoms with Gasteiger partial charge in [-0.25, -0.2) is 4.98 Å². The number of aryl methyl sites for hydroxylation is 2. The lowest BCUT2D eigenvalue weighted by molar-refractivity contribution is -0.133. The summed E-state index contributed by atoms with van der Waals surface area (Å²) in [6.45, 7) is 6.31. The molecule has 3 heterocycles. The van der Waals surface area contributed by atoms with Crippen LogP contribution in [0, 0.1) is 6.92 Å². The largest absolute Gasteiger partial charge is 0.368 e. The molecule has 8 heteroatoms. The molecule has 6 rings (SSSR count). The SMILES string of the molecule is CCc1nn(C2CCC2)c2cc(N3CCN(C(=O)Cc4n[nH]c(C)n4)[C@@H](Cc4ccccc4)C3)ccc12. The molecule has 0 radical (unpaired) electrons. The number of aromatic nitrogens is 5. The number of amides is 1. The lowest BCUT2D eigenvalue weighted by atomic mass is 9.93. The first-order valence-corrected chi connectivity index (χ1v) is 13.6. The van der Waals surface area contributed by atoms with Gasteiger partial charge in [0.25, 0.3) is 0 Å². The molecule has 2 fully saturated rings. The number of anilines is 1. The van der Waals surface area contributed by atoms with Crippen molar-refractivity contribution in [2.24, 2.45) is 0 Å². The number of carbonyl (C=O) groups excluding carboxylic acids is 1. The molecule has 1 saturated carbocycles. The highest BCUT2D eigenvalue weighted by Gasteiger charge is 2.32. The van der Waals surface area contributed by atoms with Crippen molar-refractivity contribution in [2.45, 2.75) is 64.5 Å². The molecule has 1 atom stereocenters. The number of piperazine rings is 1.